The monoisotopic (exact) mass is 267 g/mol. The van der Waals surface area contributed by atoms with Gasteiger partial charge in [0, 0.05) is 30.4 Å². The number of hydrogen-bond acceptors (Lipinski definition) is 4. The molecule has 0 spiro atoms. The molecule has 0 bridgehead atoms. The molecule has 102 valence electrons. The van der Waals surface area contributed by atoms with Crippen LogP contribution in [-0.4, -0.2) is 36.1 Å². The van der Waals surface area contributed by atoms with E-state index >= 15 is 0 Å². The summed E-state index contributed by atoms with van der Waals surface area (Å²) < 4.78 is 0. The maximum atomic E-state index is 4.70. The van der Waals surface area contributed by atoms with Crippen LogP contribution in [0.5, 0.6) is 0 Å². The Hall–Kier alpha value is -0.450. The Morgan fingerprint density at radius 1 is 1.50 bits per heavy atom. The highest BCUT2D eigenvalue weighted by molar-refractivity contribution is 7.09. The van der Waals surface area contributed by atoms with Crippen LogP contribution in [0.3, 0.4) is 0 Å². The van der Waals surface area contributed by atoms with E-state index in [4.69, 9.17) is 4.98 Å². The van der Waals surface area contributed by atoms with Crippen LogP contribution in [0.15, 0.2) is 5.38 Å². The third-order valence-corrected chi connectivity index (χ3v) is 4.63. The van der Waals surface area contributed by atoms with E-state index in [0.29, 0.717) is 12.0 Å². The summed E-state index contributed by atoms with van der Waals surface area (Å²) in [7, 11) is 2.20. The summed E-state index contributed by atoms with van der Waals surface area (Å²) in [6, 6.07) is 0.673. The lowest BCUT2D eigenvalue weighted by Gasteiger charge is -2.27. The summed E-state index contributed by atoms with van der Waals surface area (Å²) in [5.74, 6) is 0.550. The summed E-state index contributed by atoms with van der Waals surface area (Å²) in [6.07, 6.45) is 4.03. The topological polar surface area (TPSA) is 28.2 Å². The van der Waals surface area contributed by atoms with Crippen LogP contribution in [0.1, 0.15) is 49.7 Å². The van der Waals surface area contributed by atoms with Gasteiger partial charge in [-0.05, 0) is 26.4 Å². The van der Waals surface area contributed by atoms with Gasteiger partial charge in [-0.25, -0.2) is 4.98 Å². The van der Waals surface area contributed by atoms with E-state index in [1.165, 1.54) is 36.5 Å². The molecular weight excluding hydrogens is 242 g/mol. The zero-order valence-corrected chi connectivity index (χ0v) is 12.6. The summed E-state index contributed by atoms with van der Waals surface area (Å²) in [4.78, 5) is 7.09. The standard InChI is InChI=1S/C14H25N3S/c1-11(2)14-16-13(10-18-14)9-17(3)8-12-6-4-5-7-15-12/h10-12,15H,4-9H2,1-3H3. The number of hydrogen-bond donors (Lipinski definition) is 1. The molecule has 4 heteroatoms. The zero-order chi connectivity index (χ0) is 13.0. The third kappa shape index (κ3) is 4.04. The Balaban J connectivity index is 1.80. The van der Waals surface area contributed by atoms with Crippen molar-refractivity contribution in [3.05, 3.63) is 16.1 Å². The molecule has 3 nitrogen and oxygen atoms in total. The lowest BCUT2D eigenvalue weighted by atomic mass is 10.0. The predicted octanol–water partition coefficient (Wildman–Crippen LogP) is 2.84. The number of thiazole rings is 1. The van der Waals surface area contributed by atoms with Crippen molar-refractivity contribution in [1.82, 2.24) is 15.2 Å². The molecule has 1 aliphatic rings. The Kier molecular flexibility index (Phi) is 5.15. The molecule has 2 rings (SSSR count). The molecule has 0 saturated carbocycles. The van der Waals surface area contributed by atoms with Crippen molar-refractivity contribution >= 4 is 11.3 Å². The SMILES string of the molecule is CC(C)c1nc(CN(C)CC2CCCCN2)cs1. The van der Waals surface area contributed by atoms with E-state index in [1.807, 2.05) is 0 Å². The average Bonchev–Trinajstić information content (AvgIpc) is 2.78. The van der Waals surface area contributed by atoms with Crippen molar-refractivity contribution < 1.29 is 0 Å². The van der Waals surface area contributed by atoms with Crippen molar-refractivity contribution in [2.75, 3.05) is 20.1 Å². The Morgan fingerprint density at radius 3 is 2.94 bits per heavy atom. The highest BCUT2D eigenvalue weighted by atomic mass is 32.1. The van der Waals surface area contributed by atoms with E-state index in [0.717, 1.165) is 13.1 Å². The zero-order valence-electron chi connectivity index (χ0n) is 11.8. The quantitative estimate of drug-likeness (QED) is 0.889. The molecule has 1 aliphatic heterocycles. The molecule has 1 fully saturated rings. The first-order valence-electron chi connectivity index (χ1n) is 7.01. The number of piperidine rings is 1. The van der Waals surface area contributed by atoms with Gasteiger partial charge in [0.15, 0.2) is 0 Å². The fourth-order valence-corrected chi connectivity index (χ4v) is 3.28. The van der Waals surface area contributed by atoms with Crippen LogP contribution in [0, 0.1) is 0 Å². The second-order valence-corrected chi connectivity index (χ2v) is 6.57. The van der Waals surface area contributed by atoms with Crippen molar-refractivity contribution in [2.45, 2.75) is 51.6 Å². The maximum Gasteiger partial charge on any atom is 0.0954 e. The minimum absolute atomic E-state index is 0.550. The van der Waals surface area contributed by atoms with Gasteiger partial charge in [0.2, 0.25) is 0 Å². The fourth-order valence-electron chi connectivity index (χ4n) is 2.46. The van der Waals surface area contributed by atoms with Gasteiger partial charge >= 0.3 is 0 Å². The van der Waals surface area contributed by atoms with Crippen molar-refractivity contribution in [3.8, 4) is 0 Å². The highest BCUT2D eigenvalue weighted by Gasteiger charge is 2.15. The first-order chi connectivity index (χ1) is 8.65. The normalized spacial score (nSPS) is 20.8. The predicted molar refractivity (Wildman–Crippen MR) is 78.2 cm³/mol. The van der Waals surface area contributed by atoms with E-state index in [1.54, 1.807) is 11.3 Å². The molecule has 1 N–H and O–H groups in total. The van der Waals surface area contributed by atoms with Crippen molar-refractivity contribution in [1.29, 1.82) is 0 Å². The Morgan fingerprint density at radius 2 is 2.33 bits per heavy atom. The number of rotatable bonds is 5. The second kappa shape index (κ2) is 6.64. The number of nitrogens with one attached hydrogen (secondary N) is 1. The van der Waals surface area contributed by atoms with E-state index in [9.17, 15) is 0 Å². The van der Waals surface area contributed by atoms with Gasteiger partial charge < -0.3 is 5.32 Å². The van der Waals surface area contributed by atoms with E-state index < -0.39 is 0 Å². The van der Waals surface area contributed by atoms with Crippen LogP contribution in [-0.2, 0) is 6.54 Å². The molecule has 1 atom stereocenters. The van der Waals surface area contributed by atoms with Gasteiger partial charge in [-0.3, -0.25) is 4.90 Å². The molecule has 2 heterocycles. The molecule has 0 radical (unpaired) electrons. The Labute approximate surface area is 115 Å². The van der Waals surface area contributed by atoms with Gasteiger partial charge in [-0.1, -0.05) is 20.3 Å². The molecule has 0 amide bonds. The molecular formula is C14H25N3S. The van der Waals surface area contributed by atoms with Crippen LogP contribution in [0.2, 0.25) is 0 Å². The molecule has 1 aromatic rings. The summed E-state index contributed by atoms with van der Waals surface area (Å²) in [5, 5.41) is 7.07. The number of aromatic nitrogens is 1. The minimum Gasteiger partial charge on any atom is -0.313 e. The average molecular weight is 267 g/mol. The van der Waals surface area contributed by atoms with Gasteiger partial charge in [-0.2, -0.15) is 0 Å². The molecule has 0 aromatic carbocycles. The summed E-state index contributed by atoms with van der Waals surface area (Å²) in [5.41, 5.74) is 1.22. The minimum atomic E-state index is 0.550. The van der Waals surface area contributed by atoms with Crippen molar-refractivity contribution in [2.24, 2.45) is 0 Å². The largest absolute Gasteiger partial charge is 0.313 e. The smallest absolute Gasteiger partial charge is 0.0954 e. The number of nitrogens with zero attached hydrogens (tertiary/aromatic N) is 2. The first kappa shape index (κ1) is 14.0. The number of likely N-dealkylation sites (N-methyl/N-ethyl adjacent to an activating group) is 1. The van der Waals surface area contributed by atoms with E-state index in [-0.39, 0.29) is 0 Å². The highest BCUT2D eigenvalue weighted by Crippen LogP contribution is 2.20. The lowest BCUT2D eigenvalue weighted by molar-refractivity contribution is 0.254. The van der Waals surface area contributed by atoms with Crippen LogP contribution in [0.4, 0.5) is 0 Å². The summed E-state index contributed by atoms with van der Waals surface area (Å²) >= 11 is 1.79. The molecule has 18 heavy (non-hydrogen) atoms. The van der Waals surface area contributed by atoms with Crippen molar-refractivity contribution in [3.63, 3.8) is 0 Å². The van der Waals surface area contributed by atoms with E-state index in [2.05, 4.69) is 36.5 Å². The fraction of sp³-hybridized carbons (Fsp3) is 0.786. The van der Waals surface area contributed by atoms with Gasteiger partial charge in [0.05, 0.1) is 10.7 Å². The maximum absolute atomic E-state index is 4.70. The summed E-state index contributed by atoms with van der Waals surface area (Å²) in [6.45, 7) is 7.71. The molecule has 1 unspecified atom stereocenters. The van der Waals surface area contributed by atoms with Gasteiger partial charge in [0.25, 0.3) is 0 Å². The lowest BCUT2D eigenvalue weighted by Crippen LogP contribution is -2.42. The first-order valence-corrected chi connectivity index (χ1v) is 7.89. The van der Waals surface area contributed by atoms with Crippen LogP contribution < -0.4 is 5.32 Å². The van der Waals surface area contributed by atoms with Crippen LogP contribution in [0.25, 0.3) is 0 Å². The van der Waals surface area contributed by atoms with Crippen LogP contribution >= 0.6 is 11.3 Å². The third-order valence-electron chi connectivity index (χ3n) is 3.44. The molecule has 1 aromatic heterocycles. The Bertz CT molecular complexity index is 356. The van der Waals surface area contributed by atoms with Gasteiger partial charge in [-0.15, -0.1) is 11.3 Å². The molecule has 1 saturated heterocycles. The molecule has 0 aliphatic carbocycles. The van der Waals surface area contributed by atoms with Gasteiger partial charge in [0.1, 0.15) is 0 Å². The second-order valence-electron chi connectivity index (χ2n) is 5.68.